The highest BCUT2D eigenvalue weighted by molar-refractivity contribution is 6.38. The summed E-state index contributed by atoms with van der Waals surface area (Å²) in [7, 11) is 0. The lowest BCUT2D eigenvalue weighted by Crippen LogP contribution is -2.58. The van der Waals surface area contributed by atoms with Gasteiger partial charge in [-0.15, -0.1) is 0 Å². The Kier molecular flexibility index (Phi) is 17.4. The van der Waals surface area contributed by atoms with E-state index < -0.39 is 72.2 Å². The minimum absolute atomic E-state index is 0.0466. The van der Waals surface area contributed by atoms with Gasteiger partial charge in [-0.25, -0.2) is 9.59 Å². The smallest absolute Gasteiger partial charge is 0.407 e. The van der Waals surface area contributed by atoms with Gasteiger partial charge < -0.3 is 36.4 Å². The number of benzene rings is 1. The van der Waals surface area contributed by atoms with Gasteiger partial charge in [0.1, 0.15) is 12.1 Å². The summed E-state index contributed by atoms with van der Waals surface area (Å²) in [5, 5.41) is 22.2. The number of hydrogen-bond donors (Lipinski definition) is 6. The van der Waals surface area contributed by atoms with Gasteiger partial charge in [0.25, 0.3) is 5.91 Å². The normalized spacial score (nSPS) is 15.7. The van der Waals surface area contributed by atoms with Crippen molar-refractivity contribution in [1.29, 1.82) is 0 Å². The van der Waals surface area contributed by atoms with E-state index in [1.54, 1.807) is 32.0 Å². The Hall–Kier alpha value is -4.49. The van der Waals surface area contributed by atoms with E-state index in [4.69, 9.17) is 4.74 Å². The number of rotatable bonds is 19. The van der Waals surface area contributed by atoms with E-state index in [0.29, 0.717) is 5.56 Å². The van der Waals surface area contributed by atoms with Crippen LogP contribution in [0.15, 0.2) is 30.3 Å². The van der Waals surface area contributed by atoms with Gasteiger partial charge in [0.05, 0.1) is 19.2 Å². The summed E-state index contributed by atoms with van der Waals surface area (Å²) < 4.78 is 5.28. The topological polar surface area (TPSA) is 209 Å². The Balaban J connectivity index is 2.14. The maximum Gasteiger partial charge on any atom is 0.407 e. The lowest BCUT2D eigenvalue weighted by Gasteiger charge is -2.31. The molecule has 2 rings (SSSR count). The van der Waals surface area contributed by atoms with E-state index in [9.17, 15) is 38.7 Å². The van der Waals surface area contributed by atoms with Crippen molar-refractivity contribution in [1.82, 2.24) is 26.6 Å². The molecule has 1 aliphatic carbocycles. The summed E-state index contributed by atoms with van der Waals surface area (Å²) in [6, 6.07) is 3.36. The number of carbonyl (C=O) groups excluding carboxylic acids is 6. The molecule has 0 radical (unpaired) electrons. The first kappa shape index (κ1) is 41.7. The Bertz CT molecular complexity index is 1310. The molecule has 278 valence electrons. The van der Waals surface area contributed by atoms with Crippen molar-refractivity contribution in [2.24, 2.45) is 23.7 Å². The van der Waals surface area contributed by atoms with Crippen LogP contribution in [0.25, 0.3) is 0 Å². The molecular weight excluding hydrogens is 646 g/mol. The van der Waals surface area contributed by atoms with Crippen LogP contribution < -0.4 is 26.6 Å². The highest BCUT2D eigenvalue weighted by Crippen LogP contribution is 2.27. The minimum atomic E-state index is -1.36. The number of carboxylic acids is 1. The molecule has 1 fully saturated rings. The van der Waals surface area contributed by atoms with Gasteiger partial charge in [-0.2, -0.15) is 0 Å². The second-order valence-electron chi connectivity index (χ2n) is 14.2. The molecule has 14 heteroatoms. The van der Waals surface area contributed by atoms with E-state index in [1.165, 1.54) is 12.1 Å². The number of nitrogens with one attached hydrogen (secondary N) is 5. The number of ketones is 1. The fraction of sp³-hybridized carbons (Fsp3) is 0.639. The van der Waals surface area contributed by atoms with Crippen LogP contribution in [-0.2, 0) is 33.5 Å². The second-order valence-corrected chi connectivity index (χ2v) is 14.2. The first-order chi connectivity index (χ1) is 23.6. The van der Waals surface area contributed by atoms with Crippen molar-refractivity contribution in [2.45, 2.75) is 111 Å². The monoisotopic (exact) mass is 701 g/mol. The van der Waals surface area contributed by atoms with Crippen molar-refractivity contribution in [3.05, 3.63) is 35.9 Å². The third-order valence-electron chi connectivity index (χ3n) is 8.22. The zero-order valence-corrected chi connectivity index (χ0v) is 30.1. The van der Waals surface area contributed by atoms with Gasteiger partial charge in [0.2, 0.25) is 23.5 Å². The summed E-state index contributed by atoms with van der Waals surface area (Å²) in [6.45, 7) is 10.7. The third-order valence-corrected chi connectivity index (χ3v) is 8.22. The number of alkyl carbamates (subject to hydrolysis) is 1. The summed E-state index contributed by atoms with van der Waals surface area (Å²) in [4.78, 5) is 90.5. The molecule has 1 saturated carbocycles. The molecule has 0 saturated heterocycles. The molecule has 1 unspecified atom stereocenters. The lowest BCUT2D eigenvalue weighted by atomic mass is 9.83. The summed E-state index contributed by atoms with van der Waals surface area (Å²) in [6.07, 6.45) is 3.89. The fourth-order valence-electron chi connectivity index (χ4n) is 5.77. The number of ether oxygens (including phenoxy) is 1. The first-order valence-electron chi connectivity index (χ1n) is 17.5. The van der Waals surface area contributed by atoms with Crippen molar-refractivity contribution < 1.29 is 43.4 Å². The molecule has 0 aliphatic heterocycles. The van der Waals surface area contributed by atoms with Crippen LogP contribution in [0.2, 0.25) is 0 Å². The van der Waals surface area contributed by atoms with E-state index in [0.717, 1.165) is 32.1 Å². The van der Waals surface area contributed by atoms with Crippen molar-refractivity contribution in [3.8, 4) is 0 Å². The van der Waals surface area contributed by atoms with E-state index in [2.05, 4.69) is 26.6 Å². The van der Waals surface area contributed by atoms with Gasteiger partial charge in [-0.3, -0.25) is 24.0 Å². The van der Waals surface area contributed by atoms with Crippen molar-refractivity contribution >= 4 is 41.5 Å². The number of hydrogen-bond acceptors (Lipinski definition) is 8. The number of carbonyl (C=O) groups is 7. The molecule has 6 N–H and O–H groups in total. The quantitative estimate of drug-likeness (QED) is 0.117. The maximum atomic E-state index is 13.7. The average molecular weight is 702 g/mol. The molecule has 0 bridgehead atoms. The van der Waals surface area contributed by atoms with E-state index in [1.807, 2.05) is 27.7 Å². The molecule has 1 aliphatic rings. The molecule has 5 amide bonds. The summed E-state index contributed by atoms with van der Waals surface area (Å²) in [5.41, 5.74) is 0.324. The Morgan fingerprint density at radius 2 is 1.32 bits per heavy atom. The predicted molar refractivity (Wildman–Crippen MR) is 185 cm³/mol. The van der Waals surface area contributed by atoms with Gasteiger partial charge in [0.15, 0.2) is 6.04 Å². The van der Waals surface area contributed by atoms with Crippen LogP contribution >= 0.6 is 0 Å². The Labute approximate surface area is 294 Å². The number of Topliss-reactive ketones (excluding diaryl/α,β-unsaturated/α-hetero) is 1. The van der Waals surface area contributed by atoms with Gasteiger partial charge in [0, 0.05) is 0 Å². The average Bonchev–Trinajstić information content (AvgIpc) is 3.06. The molecule has 0 aromatic heterocycles. The van der Waals surface area contributed by atoms with Crippen LogP contribution in [0.3, 0.4) is 0 Å². The molecule has 1 aromatic rings. The molecule has 50 heavy (non-hydrogen) atoms. The molecule has 4 atom stereocenters. The highest BCUT2D eigenvalue weighted by atomic mass is 16.5. The standard InChI is InChI=1S/C36H55N5O9/c1-21(2)17-26(31(43)34(46)37-19-28(42)40-30(35(47)48)25-15-11-8-12-16-25)38-32(44)27(18-22(3)4)39-33(45)29(24-13-9-7-10-14-24)41-36(49)50-20-23(5)6/h8,11-12,15-16,21-24,26-27,29-30H,7,9-10,13-14,17-20H2,1-6H3,(H,37,46)(H,38,44)(H,39,45)(H,40,42)(H,41,49)(H,47,48)/t26?,27-,29-,30-/m0/s1. The third kappa shape index (κ3) is 14.6. The highest BCUT2D eigenvalue weighted by Gasteiger charge is 2.36. The largest absolute Gasteiger partial charge is 0.479 e. The molecule has 0 heterocycles. The van der Waals surface area contributed by atoms with Crippen molar-refractivity contribution in [3.63, 3.8) is 0 Å². The molecular formula is C36H55N5O9. The fourth-order valence-corrected chi connectivity index (χ4v) is 5.77. The van der Waals surface area contributed by atoms with E-state index in [-0.39, 0.29) is 43.1 Å². The Morgan fingerprint density at radius 1 is 0.740 bits per heavy atom. The predicted octanol–water partition coefficient (Wildman–Crippen LogP) is 3.01. The van der Waals surface area contributed by atoms with Crippen LogP contribution in [-0.4, -0.2) is 77.9 Å². The zero-order valence-electron chi connectivity index (χ0n) is 30.1. The van der Waals surface area contributed by atoms with Crippen LogP contribution in [0.1, 0.15) is 98.1 Å². The van der Waals surface area contributed by atoms with Crippen molar-refractivity contribution in [2.75, 3.05) is 13.2 Å². The minimum Gasteiger partial charge on any atom is -0.479 e. The number of aliphatic carboxylic acids is 1. The van der Waals surface area contributed by atoms with Gasteiger partial charge >= 0.3 is 12.1 Å². The molecule has 14 nitrogen and oxygen atoms in total. The number of amides is 5. The second kappa shape index (κ2) is 20.9. The van der Waals surface area contributed by atoms with Gasteiger partial charge in [-0.05, 0) is 54.9 Å². The maximum absolute atomic E-state index is 13.7. The number of carboxylic acid groups (broad SMARTS) is 1. The lowest BCUT2D eigenvalue weighted by molar-refractivity contribution is -0.142. The van der Waals surface area contributed by atoms with Gasteiger partial charge in [-0.1, -0.05) is 91.1 Å². The van der Waals surface area contributed by atoms with Crippen LogP contribution in [0.4, 0.5) is 4.79 Å². The van der Waals surface area contributed by atoms with Crippen LogP contribution in [0.5, 0.6) is 0 Å². The SMILES string of the molecule is CC(C)COC(=O)N[C@H](C(=O)N[C@@H](CC(C)C)C(=O)NC(CC(C)C)C(=O)C(=O)NCC(=O)N[C@H](C(=O)O)c1ccccc1)C1CCCCC1. The summed E-state index contributed by atoms with van der Waals surface area (Å²) >= 11 is 0. The molecule has 0 spiro atoms. The Morgan fingerprint density at radius 3 is 1.88 bits per heavy atom. The molecule has 1 aromatic carbocycles. The van der Waals surface area contributed by atoms with E-state index >= 15 is 0 Å². The zero-order chi connectivity index (χ0) is 37.4. The summed E-state index contributed by atoms with van der Waals surface area (Å²) in [5.74, 6) is -5.70. The first-order valence-corrected chi connectivity index (χ1v) is 17.5. The van der Waals surface area contributed by atoms with Crippen LogP contribution in [0, 0.1) is 23.7 Å².